The van der Waals surface area contributed by atoms with Crippen molar-refractivity contribution in [2.24, 2.45) is 0 Å². The van der Waals surface area contributed by atoms with Crippen LogP contribution in [0.2, 0.25) is 10.0 Å². The number of carbonyl (C=O) groups excluding carboxylic acids is 1. The minimum atomic E-state index is -0.618. The molecular formula is C16H13Cl2FN2O3. The van der Waals surface area contributed by atoms with E-state index in [0.29, 0.717) is 11.1 Å². The maximum absolute atomic E-state index is 13.5. The molecule has 5 nitrogen and oxygen atoms in total. The normalized spacial score (nSPS) is 11.8. The molecule has 1 N–H and O–H groups in total. The van der Waals surface area contributed by atoms with Crippen molar-refractivity contribution in [1.82, 2.24) is 5.32 Å². The van der Waals surface area contributed by atoms with Gasteiger partial charge in [0.05, 0.1) is 22.4 Å². The number of nitro groups is 1. The van der Waals surface area contributed by atoms with E-state index in [1.807, 2.05) is 0 Å². The van der Waals surface area contributed by atoms with Gasteiger partial charge in [-0.2, -0.15) is 0 Å². The van der Waals surface area contributed by atoms with E-state index in [9.17, 15) is 19.3 Å². The van der Waals surface area contributed by atoms with Crippen LogP contribution in [0.15, 0.2) is 36.4 Å². The van der Waals surface area contributed by atoms with Crippen molar-refractivity contribution in [3.8, 4) is 0 Å². The number of nitrogens with one attached hydrogen (secondary N) is 1. The summed E-state index contributed by atoms with van der Waals surface area (Å²) in [5.74, 6) is -0.935. The number of nitrogens with zero attached hydrogens (tertiary/aromatic N) is 1. The molecule has 0 aliphatic rings. The van der Waals surface area contributed by atoms with Crippen LogP contribution in [0.1, 0.15) is 24.1 Å². The highest BCUT2D eigenvalue weighted by atomic mass is 35.5. The van der Waals surface area contributed by atoms with Crippen LogP contribution in [0, 0.1) is 15.9 Å². The van der Waals surface area contributed by atoms with Crippen LogP contribution in [0.5, 0.6) is 0 Å². The molecule has 0 aliphatic heterocycles. The molecule has 2 aromatic carbocycles. The van der Waals surface area contributed by atoms with E-state index in [1.54, 1.807) is 6.92 Å². The number of rotatable bonds is 5. The van der Waals surface area contributed by atoms with Gasteiger partial charge in [-0.1, -0.05) is 35.3 Å². The standard InChI is InChI=1S/C16H13Cl2FN2O3/c1-9(12-7-15(19)14(18)8-13(12)17)20-16(22)6-10-2-4-11(5-3-10)21(23)24/h2-5,7-9H,6H2,1H3,(H,20,22)/t9-/m0/s1. The van der Waals surface area contributed by atoms with Crippen LogP contribution in [0.3, 0.4) is 0 Å². The third kappa shape index (κ3) is 4.43. The molecule has 2 rings (SSSR count). The number of amides is 1. The van der Waals surface area contributed by atoms with Crippen molar-refractivity contribution in [3.05, 3.63) is 73.5 Å². The Hall–Kier alpha value is -2.18. The largest absolute Gasteiger partial charge is 0.349 e. The summed E-state index contributed by atoms with van der Waals surface area (Å²) in [6.45, 7) is 1.67. The van der Waals surface area contributed by atoms with E-state index in [0.717, 1.165) is 0 Å². The lowest BCUT2D eigenvalue weighted by atomic mass is 10.1. The van der Waals surface area contributed by atoms with Crippen molar-refractivity contribution in [2.45, 2.75) is 19.4 Å². The molecule has 0 bridgehead atoms. The summed E-state index contributed by atoms with van der Waals surface area (Å²) in [5, 5.41) is 13.5. The Morgan fingerprint density at radius 1 is 1.25 bits per heavy atom. The fourth-order valence-corrected chi connectivity index (χ4v) is 2.71. The lowest BCUT2D eigenvalue weighted by Gasteiger charge is -2.16. The lowest BCUT2D eigenvalue weighted by Crippen LogP contribution is -2.28. The van der Waals surface area contributed by atoms with Gasteiger partial charge in [0.25, 0.3) is 5.69 Å². The lowest BCUT2D eigenvalue weighted by molar-refractivity contribution is -0.384. The number of hydrogen-bond acceptors (Lipinski definition) is 3. The molecule has 0 fully saturated rings. The van der Waals surface area contributed by atoms with Gasteiger partial charge in [0.1, 0.15) is 5.82 Å². The number of nitro benzene ring substituents is 1. The molecule has 0 spiro atoms. The molecule has 0 saturated carbocycles. The Balaban J connectivity index is 2.04. The monoisotopic (exact) mass is 370 g/mol. The summed E-state index contributed by atoms with van der Waals surface area (Å²) in [4.78, 5) is 22.2. The summed E-state index contributed by atoms with van der Waals surface area (Å²) in [7, 11) is 0. The Bertz CT molecular complexity index is 782. The minimum Gasteiger partial charge on any atom is -0.349 e. The van der Waals surface area contributed by atoms with E-state index in [4.69, 9.17) is 23.2 Å². The van der Waals surface area contributed by atoms with Gasteiger partial charge in [0, 0.05) is 17.2 Å². The first-order valence-corrected chi connectivity index (χ1v) is 7.70. The maximum Gasteiger partial charge on any atom is 0.269 e. The van der Waals surface area contributed by atoms with Crippen molar-refractivity contribution in [2.75, 3.05) is 0 Å². The second kappa shape index (κ2) is 7.59. The number of non-ortho nitro benzene ring substituents is 1. The average Bonchev–Trinajstić information content (AvgIpc) is 2.51. The summed E-state index contributed by atoms with van der Waals surface area (Å²) in [6.07, 6.45) is 0.0377. The Kier molecular flexibility index (Phi) is 5.75. The third-order valence-electron chi connectivity index (χ3n) is 3.40. The zero-order valence-corrected chi connectivity index (χ0v) is 14.1. The van der Waals surface area contributed by atoms with E-state index in [-0.39, 0.29) is 28.1 Å². The van der Waals surface area contributed by atoms with Crippen molar-refractivity contribution in [1.29, 1.82) is 0 Å². The van der Waals surface area contributed by atoms with Crippen molar-refractivity contribution < 1.29 is 14.1 Å². The van der Waals surface area contributed by atoms with Crippen LogP contribution in [-0.4, -0.2) is 10.8 Å². The van der Waals surface area contributed by atoms with Crippen LogP contribution < -0.4 is 5.32 Å². The molecule has 0 aliphatic carbocycles. The van der Waals surface area contributed by atoms with E-state index >= 15 is 0 Å². The van der Waals surface area contributed by atoms with Gasteiger partial charge in [0.15, 0.2) is 0 Å². The Morgan fingerprint density at radius 3 is 2.46 bits per heavy atom. The first-order chi connectivity index (χ1) is 11.3. The van der Waals surface area contributed by atoms with Gasteiger partial charge < -0.3 is 5.32 Å². The highest BCUT2D eigenvalue weighted by Crippen LogP contribution is 2.28. The highest BCUT2D eigenvalue weighted by molar-refractivity contribution is 6.35. The fourth-order valence-electron chi connectivity index (χ4n) is 2.16. The average molecular weight is 371 g/mol. The van der Waals surface area contributed by atoms with Crippen LogP contribution in [0.4, 0.5) is 10.1 Å². The molecule has 1 amide bonds. The van der Waals surface area contributed by atoms with Gasteiger partial charge in [-0.25, -0.2) is 4.39 Å². The van der Waals surface area contributed by atoms with Crippen LogP contribution >= 0.6 is 23.2 Å². The molecular weight excluding hydrogens is 358 g/mol. The van der Waals surface area contributed by atoms with Crippen molar-refractivity contribution >= 4 is 34.8 Å². The third-order valence-corrected chi connectivity index (χ3v) is 4.01. The summed E-state index contributed by atoms with van der Waals surface area (Å²) in [6, 6.07) is 7.63. The number of carbonyl (C=O) groups is 1. The molecule has 0 radical (unpaired) electrons. The van der Waals surface area contributed by atoms with Gasteiger partial charge in [-0.05, 0) is 30.2 Å². The Morgan fingerprint density at radius 2 is 1.88 bits per heavy atom. The second-order valence-corrected chi connectivity index (χ2v) is 5.99. The molecule has 0 unspecified atom stereocenters. The van der Waals surface area contributed by atoms with Crippen LogP contribution in [-0.2, 0) is 11.2 Å². The summed E-state index contributed by atoms with van der Waals surface area (Å²) in [5.41, 5.74) is 0.991. The van der Waals surface area contributed by atoms with Gasteiger partial charge in [-0.15, -0.1) is 0 Å². The maximum atomic E-state index is 13.5. The molecule has 0 heterocycles. The zero-order valence-electron chi connectivity index (χ0n) is 12.6. The minimum absolute atomic E-state index is 0.0377. The van der Waals surface area contributed by atoms with Gasteiger partial charge in [0.2, 0.25) is 5.91 Å². The Labute approximate surface area is 147 Å². The topological polar surface area (TPSA) is 72.2 Å². The number of benzene rings is 2. The predicted octanol–water partition coefficient (Wildman–Crippen LogP) is 4.46. The molecule has 0 saturated heterocycles. The molecule has 126 valence electrons. The molecule has 8 heteroatoms. The molecule has 24 heavy (non-hydrogen) atoms. The smallest absolute Gasteiger partial charge is 0.269 e. The number of halogens is 3. The highest BCUT2D eigenvalue weighted by Gasteiger charge is 2.16. The zero-order chi connectivity index (χ0) is 17.9. The number of hydrogen-bond donors (Lipinski definition) is 1. The second-order valence-electron chi connectivity index (χ2n) is 5.18. The van der Waals surface area contributed by atoms with Gasteiger partial charge >= 0.3 is 0 Å². The van der Waals surface area contributed by atoms with Crippen LogP contribution in [0.25, 0.3) is 0 Å². The van der Waals surface area contributed by atoms with E-state index in [1.165, 1.54) is 36.4 Å². The SMILES string of the molecule is C[C@H](NC(=O)Cc1ccc([N+](=O)[O-])cc1)c1cc(F)c(Cl)cc1Cl. The molecule has 1 atom stereocenters. The molecule has 0 aromatic heterocycles. The van der Waals surface area contributed by atoms with E-state index < -0.39 is 16.8 Å². The quantitative estimate of drug-likeness (QED) is 0.479. The van der Waals surface area contributed by atoms with Crippen molar-refractivity contribution in [3.63, 3.8) is 0 Å². The fraction of sp³-hybridized carbons (Fsp3) is 0.188. The van der Waals surface area contributed by atoms with E-state index in [2.05, 4.69) is 5.32 Å². The predicted molar refractivity (Wildman–Crippen MR) is 89.8 cm³/mol. The summed E-state index contributed by atoms with van der Waals surface area (Å²) >= 11 is 11.7. The summed E-state index contributed by atoms with van der Waals surface area (Å²) < 4.78 is 13.5. The first-order valence-electron chi connectivity index (χ1n) is 6.95. The van der Waals surface area contributed by atoms with Gasteiger partial charge in [-0.3, -0.25) is 14.9 Å². The first kappa shape index (κ1) is 18.2. The molecule has 2 aromatic rings.